The molecule has 0 atom stereocenters. The molecule has 24 rings (SSSR count). The van der Waals surface area contributed by atoms with Crippen LogP contribution in [0, 0.1) is 0 Å². The highest BCUT2D eigenvalue weighted by molar-refractivity contribution is 7.26. The van der Waals surface area contributed by atoms with E-state index in [0.717, 1.165) is 67.3 Å². The fourth-order valence-corrected chi connectivity index (χ4v) is 22.5. The minimum absolute atomic E-state index is 0.0209. The van der Waals surface area contributed by atoms with Gasteiger partial charge in [-0.05, 0) is 231 Å². The summed E-state index contributed by atoms with van der Waals surface area (Å²) >= 11 is 3.76. The molecule has 0 saturated heterocycles. The second-order valence-electron chi connectivity index (χ2n) is 34.3. The molecule has 4 heterocycles. The fraction of sp³-hybridized carbons (Fsp3) is 0.108. The number of anilines is 6. The third-order valence-corrected chi connectivity index (χ3v) is 28.3. The highest BCUT2D eigenvalue weighted by Crippen LogP contribution is 2.58. The summed E-state index contributed by atoms with van der Waals surface area (Å²) in [6, 6.07) is 124. The van der Waals surface area contributed by atoms with E-state index in [4.69, 9.17) is 9.40 Å². The molecule has 0 fully saturated rings. The fourth-order valence-electron chi connectivity index (χ4n) is 20.2. The van der Waals surface area contributed by atoms with E-state index >= 15 is 0 Å². The summed E-state index contributed by atoms with van der Waals surface area (Å²) in [6.45, 7) is 18.8. The lowest BCUT2D eigenvalue weighted by molar-refractivity contribution is 0.660. The average Bonchev–Trinajstić information content (AvgIpc) is 1.51. The Morgan fingerprint density at radius 1 is 0.254 bits per heavy atom. The molecule has 0 bridgehead atoms. The lowest BCUT2D eigenvalue weighted by Crippen LogP contribution is -2.16. The van der Waals surface area contributed by atoms with Crippen molar-refractivity contribution in [2.75, 3.05) is 16.0 Å². The third kappa shape index (κ3) is 11.3. The SMILES string of the molecule is CC1(C)c2ccccc2-c2ccc(Nc3cc4c(c(-c5cccc6sc7ccccc7c56)c3)C(C)(C)c3ccccc3-4)cc21.CC1(C)c2ccccc2-c2ccc(Nc3cc4ccccc4cc3-c3cccc4sc5ccccc5c34)cc21.CC1(C)c2ccccc2-c2ccc(Nc3ccc(-c4cccc5oc6ccccc6c45)cn3)cc21. The van der Waals surface area contributed by atoms with Crippen LogP contribution in [0.4, 0.5) is 34.3 Å². The van der Waals surface area contributed by atoms with Crippen LogP contribution in [0.2, 0.25) is 0 Å². The van der Waals surface area contributed by atoms with Crippen LogP contribution in [0.25, 0.3) is 151 Å². The quantitative estimate of drug-likeness (QED) is 0.134. The lowest BCUT2D eigenvalue weighted by atomic mass is 9.78. The molecule has 5 nitrogen and oxygen atoms in total. The maximum Gasteiger partial charge on any atom is 0.136 e. The molecule has 0 amide bonds. The number of benzene rings is 16. The number of nitrogens with one attached hydrogen (secondary N) is 3. The summed E-state index contributed by atoms with van der Waals surface area (Å²) in [7, 11) is 0. The molecular weight excluding hydrogens is 1470 g/mol. The van der Waals surface area contributed by atoms with Crippen molar-refractivity contribution < 1.29 is 4.42 Å². The summed E-state index contributed by atoms with van der Waals surface area (Å²) in [5, 5.41) is 21.3. The zero-order chi connectivity index (χ0) is 79.5. The summed E-state index contributed by atoms with van der Waals surface area (Å²) < 4.78 is 11.4. The van der Waals surface area contributed by atoms with Crippen molar-refractivity contribution in [2.45, 2.75) is 77.0 Å². The van der Waals surface area contributed by atoms with Gasteiger partial charge in [0.2, 0.25) is 0 Å². The zero-order valence-corrected chi connectivity index (χ0v) is 68.7. The van der Waals surface area contributed by atoms with E-state index in [1.807, 2.05) is 59.2 Å². The topological polar surface area (TPSA) is 62.1 Å². The Morgan fingerprint density at radius 2 is 0.653 bits per heavy atom. The first-order chi connectivity index (χ1) is 57.5. The molecule has 0 unspecified atom stereocenters. The summed E-state index contributed by atoms with van der Waals surface area (Å²) in [5.41, 5.74) is 36.3. The number of hydrogen-bond acceptors (Lipinski definition) is 7. The first kappa shape index (κ1) is 71.1. The minimum Gasteiger partial charge on any atom is -0.456 e. The Balaban J connectivity index is 0.000000108. The predicted octanol–water partition coefficient (Wildman–Crippen LogP) is 31.7. The van der Waals surface area contributed by atoms with Gasteiger partial charge in [-0.3, -0.25) is 0 Å². The number of nitrogens with zero attached hydrogens (tertiary/aromatic N) is 1. The Kier molecular flexibility index (Phi) is 16.3. The summed E-state index contributed by atoms with van der Waals surface area (Å²) in [4.78, 5) is 4.75. The number of thiophene rings is 2. The highest BCUT2D eigenvalue weighted by atomic mass is 32.1. The molecule has 4 aromatic heterocycles. The molecule has 4 aliphatic carbocycles. The molecule has 3 N–H and O–H groups in total. The van der Waals surface area contributed by atoms with Gasteiger partial charge in [-0.25, -0.2) is 4.98 Å². The second-order valence-corrected chi connectivity index (χ2v) is 36.5. The average molecular weight is 1550 g/mol. The van der Waals surface area contributed by atoms with Crippen LogP contribution in [0.1, 0.15) is 99.9 Å². The molecule has 16 aromatic carbocycles. The van der Waals surface area contributed by atoms with Crippen LogP contribution in [0.15, 0.2) is 350 Å². The number of hydrogen-bond donors (Lipinski definition) is 3. The van der Waals surface area contributed by atoms with Gasteiger partial charge in [-0.1, -0.05) is 286 Å². The summed E-state index contributed by atoms with van der Waals surface area (Å²) in [6.07, 6.45) is 1.94. The largest absolute Gasteiger partial charge is 0.456 e. The van der Waals surface area contributed by atoms with Crippen molar-refractivity contribution in [1.82, 2.24) is 4.98 Å². The monoisotopic (exact) mass is 1550 g/mol. The van der Waals surface area contributed by atoms with Gasteiger partial charge in [-0.2, -0.15) is 0 Å². The molecule has 0 spiro atoms. The predicted molar refractivity (Wildman–Crippen MR) is 503 cm³/mol. The van der Waals surface area contributed by atoms with Crippen molar-refractivity contribution in [2.24, 2.45) is 0 Å². The van der Waals surface area contributed by atoms with E-state index < -0.39 is 0 Å². The molecule has 20 aromatic rings. The number of rotatable bonds is 9. The standard InChI is InChI=1S/C42H33NS.C37H27NS.C32H24N2O/c1-41(2)34-16-8-5-12-27(34)29-21-20-25(24-36(29)41)43-26-22-32-28-13-6-9-17-35(28)42(3,4)40(32)33(23-26)30-15-11-19-38-39(30)31-14-7-10-18-37(31)44-38;1-37(2)31-15-7-5-12-26(31)27-19-18-25(22-32(27)37)38-33-21-24-11-4-3-10-23(24)20-30(33)28-14-9-17-35-36(28)29-13-6-8-16-34(29)39-35;1-32(2)26-11-5-3-8-23(26)24-16-15-21(18-27(24)32)34-30-17-14-20(19-33-30)22-10-7-13-29-31(22)25-9-4-6-12-28(25)35-29/h5-24,43H,1-4H3;3-22,38H,1-2H3;3-19H,1-2H3,(H,33,34). The van der Waals surface area contributed by atoms with Gasteiger partial charge in [0.1, 0.15) is 17.0 Å². The number of aromatic nitrogens is 1. The van der Waals surface area contributed by atoms with Crippen LogP contribution in [-0.2, 0) is 21.7 Å². The van der Waals surface area contributed by atoms with Crippen molar-refractivity contribution in [3.63, 3.8) is 0 Å². The maximum atomic E-state index is 6.06. The molecule has 7 heteroatoms. The van der Waals surface area contributed by atoms with Gasteiger partial charge in [0.25, 0.3) is 0 Å². The smallest absolute Gasteiger partial charge is 0.136 e. The first-order valence-corrected chi connectivity index (χ1v) is 42.7. The lowest BCUT2D eigenvalue weighted by Gasteiger charge is -2.26. The third-order valence-electron chi connectivity index (χ3n) is 26.0. The Morgan fingerprint density at radius 3 is 1.19 bits per heavy atom. The van der Waals surface area contributed by atoms with Gasteiger partial charge < -0.3 is 20.4 Å². The van der Waals surface area contributed by atoms with Gasteiger partial charge in [0.05, 0.1) is 0 Å². The van der Waals surface area contributed by atoms with Crippen LogP contribution in [0.5, 0.6) is 0 Å². The normalized spacial score (nSPS) is 14.2. The summed E-state index contributed by atoms with van der Waals surface area (Å²) in [5.74, 6) is 0.825. The van der Waals surface area contributed by atoms with E-state index in [-0.39, 0.29) is 21.7 Å². The van der Waals surface area contributed by atoms with Crippen LogP contribution in [-0.4, -0.2) is 4.98 Å². The van der Waals surface area contributed by atoms with E-state index in [9.17, 15) is 0 Å². The van der Waals surface area contributed by atoms with E-state index in [0.29, 0.717) is 0 Å². The molecule has 4 aliphatic rings. The van der Waals surface area contributed by atoms with Crippen molar-refractivity contribution >= 4 is 130 Å². The first-order valence-electron chi connectivity index (χ1n) is 41.0. The van der Waals surface area contributed by atoms with E-state index in [2.05, 4.69) is 381 Å². The Hall–Kier alpha value is -13.4. The minimum atomic E-state index is -0.114. The van der Waals surface area contributed by atoms with Gasteiger partial charge in [-0.15, -0.1) is 22.7 Å². The van der Waals surface area contributed by atoms with Crippen molar-refractivity contribution in [3.05, 3.63) is 390 Å². The second kappa shape index (κ2) is 27.1. The van der Waals surface area contributed by atoms with Gasteiger partial charge in [0, 0.05) is 119 Å². The van der Waals surface area contributed by atoms with E-state index in [1.54, 1.807) is 0 Å². The van der Waals surface area contributed by atoms with Crippen LogP contribution in [0.3, 0.4) is 0 Å². The maximum absolute atomic E-state index is 6.06. The number of fused-ring (bicyclic) bond motifs is 22. The molecule has 118 heavy (non-hydrogen) atoms. The molecule has 0 aliphatic heterocycles. The van der Waals surface area contributed by atoms with Gasteiger partial charge >= 0.3 is 0 Å². The van der Waals surface area contributed by atoms with Crippen molar-refractivity contribution in [3.8, 4) is 77.9 Å². The van der Waals surface area contributed by atoms with E-state index in [1.165, 1.54) is 162 Å². The molecule has 566 valence electrons. The number of para-hydroxylation sites is 1. The molecule has 0 radical (unpaired) electrons. The van der Waals surface area contributed by atoms with Crippen LogP contribution >= 0.6 is 22.7 Å². The van der Waals surface area contributed by atoms with Crippen LogP contribution < -0.4 is 16.0 Å². The van der Waals surface area contributed by atoms with Gasteiger partial charge in [0.15, 0.2) is 0 Å². The Labute approximate surface area is 695 Å². The molecule has 0 saturated carbocycles. The number of furan rings is 1. The highest BCUT2D eigenvalue weighted by Gasteiger charge is 2.41. The zero-order valence-electron chi connectivity index (χ0n) is 67.1. The Bertz CT molecular complexity index is 7550. The molecular formula is C111H84N4OS2. The van der Waals surface area contributed by atoms with Crippen molar-refractivity contribution in [1.29, 1.82) is 0 Å². The number of pyridine rings is 1.